The normalized spacial score (nSPS) is 13.0. The van der Waals surface area contributed by atoms with E-state index in [4.69, 9.17) is 8.85 Å². The van der Waals surface area contributed by atoms with Crippen LogP contribution in [0.4, 0.5) is 0 Å². The van der Waals surface area contributed by atoms with Crippen LogP contribution in [0.3, 0.4) is 0 Å². The van der Waals surface area contributed by atoms with Crippen LogP contribution < -0.4 is 0 Å². The van der Waals surface area contributed by atoms with Crippen LogP contribution in [0.15, 0.2) is 30.3 Å². The Kier molecular flexibility index (Phi) is 6.38. The molecule has 0 aromatic heterocycles. The predicted octanol–water partition coefficient (Wildman–Crippen LogP) is 2.91. The van der Waals surface area contributed by atoms with Crippen molar-refractivity contribution < 1.29 is 8.85 Å². The summed E-state index contributed by atoms with van der Waals surface area (Å²) >= 11 is 0. The van der Waals surface area contributed by atoms with Crippen LogP contribution in [-0.2, 0) is 15.3 Å². The fourth-order valence-corrected chi connectivity index (χ4v) is 3.66. The first kappa shape index (κ1) is 13.4. The van der Waals surface area contributed by atoms with E-state index in [9.17, 15) is 0 Å². The average molecular weight is 238 g/mol. The summed E-state index contributed by atoms with van der Waals surface area (Å²) in [5, 5.41) is 0. The summed E-state index contributed by atoms with van der Waals surface area (Å²) in [6, 6.07) is 10.5. The summed E-state index contributed by atoms with van der Waals surface area (Å²) in [4.78, 5) is 0. The van der Waals surface area contributed by atoms with Crippen molar-refractivity contribution in [2.45, 2.75) is 32.7 Å². The first-order valence-corrected chi connectivity index (χ1v) is 7.66. The van der Waals surface area contributed by atoms with E-state index < -0.39 is 9.28 Å². The van der Waals surface area contributed by atoms with Gasteiger partial charge in [-0.2, -0.15) is 0 Å². The first-order chi connectivity index (χ1) is 7.77. The van der Waals surface area contributed by atoms with E-state index in [1.54, 1.807) is 0 Å². The fourth-order valence-electron chi connectivity index (χ4n) is 1.79. The minimum absolute atomic E-state index is 0.516. The zero-order valence-electron chi connectivity index (χ0n) is 10.5. The molecule has 0 heterocycles. The number of rotatable bonds is 7. The molecule has 1 rings (SSSR count). The zero-order chi connectivity index (χ0) is 11.8. The lowest BCUT2D eigenvalue weighted by molar-refractivity contribution is 0.205. The molecule has 0 bridgehead atoms. The second-order valence-electron chi connectivity index (χ2n) is 3.95. The Morgan fingerprint density at radius 1 is 1.06 bits per heavy atom. The van der Waals surface area contributed by atoms with Crippen molar-refractivity contribution in [1.29, 1.82) is 0 Å². The average Bonchev–Trinajstić information content (AvgIpc) is 2.30. The van der Waals surface area contributed by atoms with Crippen LogP contribution in [0, 0.1) is 0 Å². The third kappa shape index (κ3) is 4.47. The van der Waals surface area contributed by atoms with Gasteiger partial charge in [-0.25, -0.2) is 0 Å². The minimum atomic E-state index is -1.50. The number of hydrogen-bond donors (Lipinski definition) is 0. The molecule has 3 heteroatoms. The van der Waals surface area contributed by atoms with Crippen molar-refractivity contribution in [2.75, 3.05) is 13.2 Å². The monoisotopic (exact) mass is 238 g/mol. The molecule has 16 heavy (non-hydrogen) atoms. The minimum Gasteiger partial charge on any atom is -0.397 e. The number of benzene rings is 1. The van der Waals surface area contributed by atoms with E-state index in [1.807, 2.05) is 19.9 Å². The molecule has 0 spiro atoms. The second kappa shape index (κ2) is 7.60. The molecule has 0 N–H and O–H groups in total. The Morgan fingerprint density at radius 3 is 2.12 bits per heavy atom. The molecule has 1 unspecified atom stereocenters. The summed E-state index contributed by atoms with van der Waals surface area (Å²) in [5.41, 5.74) is 1.88. The third-order valence-corrected chi connectivity index (χ3v) is 5.02. The largest absolute Gasteiger partial charge is 0.397 e. The predicted molar refractivity (Wildman–Crippen MR) is 70.0 cm³/mol. The number of hydrogen-bond acceptors (Lipinski definition) is 2. The van der Waals surface area contributed by atoms with E-state index in [-0.39, 0.29) is 0 Å². The molecule has 0 aliphatic carbocycles. The molecule has 0 saturated carbocycles. The highest BCUT2D eigenvalue weighted by molar-refractivity contribution is 6.46. The van der Waals surface area contributed by atoms with Gasteiger partial charge in [-0.05, 0) is 25.8 Å². The summed E-state index contributed by atoms with van der Waals surface area (Å²) in [6.07, 6.45) is 1.05. The van der Waals surface area contributed by atoms with Gasteiger partial charge in [0, 0.05) is 18.8 Å². The van der Waals surface area contributed by atoms with Crippen molar-refractivity contribution in [2.24, 2.45) is 0 Å². The molecule has 1 aromatic carbocycles. The van der Waals surface area contributed by atoms with Crippen LogP contribution in [0.2, 0.25) is 5.54 Å². The van der Waals surface area contributed by atoms with Crippen molar-refractivity contribution in [3.8, 4) is 0 Å². The highest BCUT2D eigenvalue weighted by Crippen LogP contribution is 2.18. The van der Waals surface area contributed by atoms with Gasteiger partial charge in [-0.1, -0.05) is 37.3 Å². The Labute approximate surface area is 100 Å². The van der Waals surface area contributed by atoms with Crippen LogP contribution >= 0.6 is 0 Å². The topological polar surface area (TPSA) is 18.5 Å². The van der Waals surface area contributed by atoms with E-state index in [2.05, 4.69) is 31.2 Å². The lowest BCUT2D eigenvalue weighted by atomic mass is 10.1. The van der Waals surface area contributed by atoms with Gasteiger partial charge in [-0.3, -0.25) is 0 Å². The second-order valence-corrected chi connectivity index (χ2v) is 6.49. The molecule has 1 aromatic rings. The lowest BCUT2D eigenvalue weighted by Crippen LogP contribution is -2.28. The molecular formula is C13H22O2Si. The zero-order valence-corrected chi connectivity index (χ0v) is 11.6. The maximum Gasteiger partial charge on any atom is 0.324 e. The SMILES string of the molecule is CCO[SiH](OCC)C(C)Cc1ccccc1. The summed E-state index contributed by atoms with van der Waals surface area (Å²) in [6.45, 7) is 7.82. The van der Waals surface area contributed by atoms with Crippen molar-refractivity contribution in [3.05, 3.63) is 35.9 Å². The Hall–Kier alpha value is -0.643. The van der Waals surface area contributed by atoms with E-state index >= 15 is 0 Å². The van der Waals surface area contributed by atoms with Gasteiger partial charge in [0.05, 0.1) is 0 Å². The van der Waals surface area contributed by atoms with Gasteiger partial charge < -0.3 is 8.85 Å². The van der Waals surface area contributed by atoms with Gasteiger partial charge in [0.15, 0.2) is 0 Å². The van der Waals surface area contributed by atoms with Crippen molar-refractivity contribution >= 4 is 9.28 Å². The molecule has 0 amide bonds. The molecule has 0 radical (unpaired) electrons. The molecular weight excluding hydrogens is 216 g/mol. The fraction of sp³-hybridized carbons (Fsp3) is 0.538. The smallest absolute Gasteiger partial charge is 0.324 e. The molecule has 0 aliphatic heterocycles. The van der Waals surface area contributed by atoms with Gasteiger partial charge >= 0.3 is 9.28 Å². The van der Waals surface area contributed by atoms with Crippen LogP contribution in [0.5, 0.6) is 0 Å². The highest BCUT2D eigenvalue weighted by Gasteiger charge is 2.21. The highest BCUT2D eigenvalue weighted by atomic mass is 28.3. The van der Waals surface area contributed by atoms with Gasteiger partial charge in [0.25, 0.3) is 0 Å². The molecule has 0 fully saturated rings. The summed E-state index contributed by atoms with van der Waals surface area (Å²) < 4.78 is 11.5. The van der Waals surface area contributed by atoms with Crippen molar-refractivity contribution in [1.82, 2.24) is 0 Å². The molecule has 0 aliphatic rings. The Bertz CT molecular complexity index is 271. The van der Waals surface area contributed by atoms with Crippen molar-refractivity contribution in [3.63, 3.8) is 0 Å². The maximum absolute atomic E-state index is 5.73. The van der Waals surface area contributed by atoms with Crippen LogP contribution in [0.1, 0.15) is 26.3 Å². The van der Waals surface area contributed by atoms with E-state index in [0.29, 0.717) is 5.54 Å². The maximum atomic E-state index is 5.73. The Morgan fingerprint density at radius 2 is 1.62 bits per heavy atom. The molecule has 2 nitrogen and oxygen atoms in total. The summed E-state index contributed by atoms with van der Waals surface area (Å²) in [7, 11) is -1.50. The van der Waals surface area contributed by atoms with Crippen LogP contribution in [0.25, 0.3) is 0 Å². The van der Waals surface area contributed by atoms with Gasteiger partial charge in [-0.15, -0.1) is 0 Å². The molecule has 1 atom stereocenters. The van der Waals surface area contributed by atoms with Gasteiger partial charge in [0.1, 0.15) is 0 Å². The van der Waals surface area contributed by atoms with Gasteiger partial charge in [0.2, 0.25) is 0 Å². The molecule has 0 saturated heterocycles. The van der Waals surface area contributed by atoms with E-state index in [0.717, 1.165) is 19.6 Å². The van der Waals surface area contributed by atoms with E-state index in [1.165, 1.54) is 5.56 Å². The van der Waals surface area contributed by atoms with Crippen LogP contribution in [-0.4, -0.2) is 22.5 Å². The molecule has 90 valence electrons. The first-order valence-electron chi connectivity index (χ1n) is 6.05. The standard InChI is InChI=1S/C13H22O2Si/c1-4-14-16(15-5-2)12(3)11-13-9-7-6-8-10-13/h6-10,12,16H,4-5,11H2,1-3H3. The quantitative estimate of drug-likeness (QED) is 0.680. The lowest BCUT2D eigenvalue weighted by Gasteiger charge is -2.21. The Balaban J connectivity index is 2.51. The summed E-state index contributed by atoms with van der Waals surface area (Å²) in [5.74, 6) is 0. The third-order valence-electron chi connectivity index (χ3n) is 2.53.